The van der Waals surface area contributed by atoms with E-state index in [2.05, 4.69) is 0 Å². The fourth-order valence-corrected chi connectivity index (χ4v) is 3.25. The zero-order valence-corrected chi connectivity index (χ0v) is 17.6. The van der Waals surface area contributed by atoms with E-state index < -0.39 is 11.9 Å². The number of hydrogen-bond acceptors (Lipinski definition) is 4. The molecular formula is C24H21FN4O3. The maximum absolute atomic E-state index is 13.0. The number of amides is 3. The number of nitrogens with one attached hydrogen (secondary N) is 1. The standard InChI is InChI=1S/C24H21FN4O3/c1-15-11-18(12-19(13-26)23(30)28-24(27)31)16(2)29(15)21-7-9-22(10-8-21)32-14-17-3-5-20(25)6-4-17/h3-12H,14H2,1-2H3,(H3,27,28,30,31)/b19-12-. The van der Waals surface area contributed by atoms with Crippen LogP contribution in [0.3, 0.4) is 0 Å². The Balaban J connectivity index is 1.80. The summed E-state index contributed by atoms with van der Waals surface area (Å²) in [5.41, 5.74) is 8.81. The Morgan fingerprint density at radius 3 is 2.41 bits per heavy atom. The predicted molar refractivity (Wildman–Crippen MR) is 117 cm³/mol. The van der Waals surface area contributed by atoms with E-state index in [0.29, 0.717) is 17.9 Å². The summed E-state index contributed by atoms with van der Waals surface area (Å²) in [7, 11) is 0. The summed E-state index contributed by atoms with van der Waals surface area (Å²) in [4.78, 5) is 22.8. The molecule has 0 saturated carbocycles. The van der Waals surface area contributed by atoms with Crippen molar-refractivity contribution in [2.24, 2.45) is 5.73 Å². The van der Waals surface area contributed by atoms with Crippen molar-refractivity contribution in [1.82, 2.24) is 9.88 Å². The van der Waals surface area contributed by atoms with Gasteiger partial charge in [0.25, 0.3) is 5.91 Å². The smallest absolute Gasteiger partial charge is 0.319 e. The number of imide groups is 1. The van der Waals surface area contributed by atoms with Gasteiger partial charge in [-0.2, -0.15) is 5.26 Å². The van der Waals surface area contributed by atoms with Gasteiger partial charge in [0.05, 0.1) is 0 Å². The molecule has 0 saturated heterocycles. The molecule has 3 rings (SSSR count). The SMILES string of the molecule is Cc1cc(/C=C(/C#N)C(=O)NC(N)=O)c(C)n1-c1ccc(OCc2ccc(F)cc2)cc1. The summed E-state index contributed by atoms with van der Waals surface area (Å²) in [6.45, 7) is 4.08. The van der Waals surface area contributed by atoms with Gasteiger partial charge in [0.1, 0.15) is 29.8 Å². The third-order valence-corrected chi connectivity index (χ3v) is 4.79. The quantitative estimate of drug-likeness (QED) is 0.454. The minimum absolute atomic E-state index is 0.228. The van der Waals surface area contributed by atoms with Crippen LogP contribution in [0.5, 0.6) is 5.75 Å². The maximum Gasteiger partial charge on any atom is 0.319 e. The van der Waals surface area contributed by atoms with Crippen molar-refractivity contribution in [2.75, 3.05) is 0 Å². The third-order valence-electron chi connectivity index (χ3n) is 4.79. The number of ether oxygens (including phenoxy) is 1. The summed E-state index contributed by atoms with van der Waals surface area (Å²) in [5, 5.41) is 11.2. The first kappa shape index (κ1) is 22.3. The number of urea groups is 1. The Morgan fingerprint density at radius 1 is 1.16 bits per heavy atom. The van der Waals surface area contributed by atoms with Gasteiger partial charge in [0.15, 0.2) is 0 Å². The van der Waals surface area contributed by atoms with Crippen LogP contribution in [0.25, 0.3) is 11.8 Å². The van der Waals surface area contributed by atoms with Crippen LogP contribution in [0, 0.1) is 31.0 Å². The lowest BCUT2D eigenvalue weighted by molar-refractivity contribution is -0.115. The van der Waals surface area contributed by atoms with Crippen LogP contribution in [-0.2, 0) is 11.4 Å². The van der Waals surface area contributed by atoms with Crippen LogP contribution in [-0.4, -0.2) is 16.5 Å². The van der Waals surface area contributed by atoms with Gasteiger partial charge in [0.2, 0.25) is 0 Å². The lowest BCUT2D eigenvalue weighted by atomic mass is 10.1. The largest absolute Gasteiger partial charge is 0.489 e. The Bertz CT molecular complexity index is 1220. The Hall–Kier alpha value is -4.38. The lowest BCUT2D eigenvalue weighted by Crippen LogP contribution is -2.35. The number of aryl methyl sites for hydroxylation is 1. The van der Waals surface area contributed by atoms with Crippen LogP contribution in [0.2, 0.25) is 0 Å². The number of primary amides is 1. The molecule has 0 aliphatic heterocycles. The summed E-state index contributed by atoms with van der Waals surface area (Å²) in [6, 6.07) is 16.1. The van der Waals surface area contributed by atoms with Gasteiger partial charge in [-0.3, -0.25) is 10.1 Å². The van der Waals surface area contributed by atoms with Gasteiger partial charge in [-0.25, -0.2) is 9.18 Å². The first-order valence-corrected chi connectivity index (χ1v) is 9.67. The Labute approximate surface area is 184 Å². The summed E-state index contributed by atoms with van der Waals surface area (Å²) in [6.07, 6.45) is 1.41. The number of halogens is 1. The molecule has 1 heterocycles. The van der Waals surface area contributed by atoms with E-state index in [1.54, 1.807) is 18.2 Å². The second kappa shape index (κ2) is 9.62. The maximum atomic E-state index is 13.0. The van der Waals surface area contributed by atoms with Gasteiger partial charge >= 0.3 is 6.03 Å². The highest BCUT2D eigenvalue weighted by atomic mass is 19.1. The van der Waals surface area contributed by atoms with Gasteiger partial charge in [0, 0.05) is 17.1 Å². The van der Waals surface area contributed by atoms with Crippen molar-refractivity contribution >= 4 is 18.0 Å². The number of nitriles is 1. The van der Waals surface area contributed by atoms with E-state index >= 15 is 0 Å². The topological polar surface area (TPSA) is 110 Å². The molecular weight excluding hydrogens is 411 g/mol. The molecule has 162 valence electrons. The molecule has 2 aromatic carbocycles. The number of carbonyl (C=O) groups excluding carboxylic acids is 2. The van der Waals surface area contributed by atoms with Crippen LogP contribution in [0.1, 0.15) is 22.5 Å². The number of benzene rings is 2. The molecule has 3 N–H and O–H groups in total. The second-order valence-corrected chi connectivity index (χ2v) is 7.06. The highest BCUT2D eigenvalue weighted by molar-refractivity contribution is 6.08. The zero-order valence-electron chi connectivity index (χ0n) is 17.6. The number of nitrogens with two attached hydrogens (primary N) is 1. The van der Waals surface area contributed by atoms with Gasteiger partial charge < -0.3 is 15.0 Å². The first-order chi connectivity index (χ1) is 15.3. The number of hydrogen-bond donors (Lipinski definition) is 2. The number of carbonyl (C=O) groups is 2. The summed E-state index contributed by atoms with van der Waals surface area (Å²) in [5.74, 6) is -0.483. The van der Waals surface area contributed by atoms with E-state index in [0.717, 1.165) is 22.6 Å². The molecule has 3 amide bonds. The molecule has 0 atom stereocenters. The van der Waals surface area contributed by atoms with E-state index in [-0.39, 0.29) is 11.4 Å². The summed E-state index contributed by atoms with van der Waals surface area (Å²) < 4.78 is 20.7. The van der Waals surface area contributed by atoms with E-state index in [1.807, 2.05) is 54.1 Å². The molecule has 0 aliphatic rings. The summed E-state index contributed by atoms with van der Waals surface area (Å²) >= 11 is 0. The van der Waals surface area contributed by atoms with E-state index in [1.165, 1.54) is 18.2 Å². The normalized spacial score (nSPS) is 11.0. The molecule has 1 aromatic heterocycles. The number of rotatable bonds is 6. The van der Waals surface area contributed by atoms with Gasteiger partial charge in [-0.05, 0) is 73.5 Å². The van der Waals surface area contributed by atoms with E-state index in [4.69, 9.17) is 10.5 Å². The molecule has 0 spiro atoms. The van der Waals surface area contributed by atoms with Crippen LogP contribution >= 0.6 is 0 Å². The highest BCUT2D eigenvalue weighted by Crippen LogP contribution is 2.25. The molecule has 0 bridgehead atoms. The fraction of sp³-hybridized carbons (Fsp3) is 0.125. The Morgan fingerprint density at radius 2 is 1.81 bits per heavy atom. The number of nitrogens with zero attached hydrogens (tertiary/aromatic N) is 2. The zero-order chi connectivity index (χ0) is 23.3. The first-order valence-electron chi connectivity index (χ1n) is 9.67. The van der Waals surface area contributed by atoms with Crippen LogP contribution in [0.4, 0.5) is 9.18 Å². The van der Waals surface area contributed by atoms with Gasteiger partial charge in [-0.15, -0.1) is 0 Å². The second-order valence-electron chi connectivity index (χ2n) is 7.06. The van der Waals surface area contributed by atoms with Crippen molar-refractivity contribution in [3.05, 3.63) is 88.5 Å². The molecule has 0 fully saturated rings. The van der Waals surface area contributed by atoms with Crippen molar-refractivity contribution in [3.8, 4) is 17.5 Å². The lowest BCUT2D eigenvalue weighted by Gasteiger charge is -2.11. The average molecular weight is 432 g/mol. The number of aromatic nitrogens is 1. The predicted octanol–water partition coefficient (Wildman–Crippen LogP) is 3.91. The van der Waals surface area contributed by atoms with Crippen molar-refractivity contribution in [1.29, 1.82) is 5.26 Å². The highest BCUT2D eigenvalue weighted by Gasteiger charge is 2.15. The van der Waals surface area contributed by atoms with Crippen molar-refractivity contribution in [2.45, 2.75) is 20.5 Å². The molecule has 0 unspecified atom stereocenters. The minimum Gasteiger partial charge on any atom is -0.489 e. The van der Waals surface area contributed by atoms with Crippen molar-refractivity contribution in [3.63, 3.8) is 0 Å². The molecule has 3 aromatic rings. The average Bonchev–Trinajstić information content (AvgIpc) is 3.04. The van der Waals surface area contributed by atoms with Crippen molar-refractivity contribution < 1.29 is 18.7 Å². The van der Waals surface area contributed by atoms with Gasteiger partial charge in [-0.1, -0.05) is 12.1 Å². The van der Waals surface area contributed by atoms with Crippen LogP contribution in [0.15, 0.2) is 60.2 Å². The molecule has 0 aliphatic carbocycles. The fourth-order valence-electron chi connectivity index (χ4n) is 3.25. The Kier molecular flexibility index (Phi) is 6.71. The molecule has 7 nitrogen and oxygen atoms in total. The monoisotopic (exact) mass is 432 g/mol. The van der Waals surface area contributed by atoms with E-state index in [9.17, 15) is 19.2 Å². The molecule has 8 heteroatoms. The third kappa shape index (κ3) is 5.21. The van der Waals surface area contributed by atoms with Crippen LogP contribution < -0.4 is 15.8 Å². The molecule has 0 radical (unpaired) electrons. The molecule has 32 heavy (non-hydrogen) atoms. The minimum atomic E-state index is -1.02.